The quantitative estimate of drug-likeness (QED) is 0.906. The number of aromatic nitrogens is 2. The average Bonchev–Trinajstić information content (AvgIpc) is 2.72. The maximum absolute atomic E-state index is 11.7. The summed E-state index contributed by atoms with van der Waals surface area (Å²) >= 11 is 5.79. The van der Waals surface area contributed by atoms with Gasteiger partial charge in [-0.05, 0) is 18.2 Å². The van der Waals surface area contributed by atoms with Gasteiger partial charge in [-0.25, -0.2) is 0 Å². The molecule has 2 rings (SSSR count). The Balaban J connectivity index is 1.98. The summed E-state index contributed by atoms with van der Waals surface area (Å²) < 4.78 is 4.79. The summed E-state index contributed by atoms with van der Waals surface area (Å²) in [7, 11) is 0. The van der Waals surface area contributed by atoms with Crippen LogP contribution in [-0.4, -0.2) is 16.0 Å². The van der Waals surface area contributed by atoms with Crippen LogP contribution in [0.25, 0.3) is 0 Å². The van der Waals surface area contributed by atoms with Crippen LogP contribution in [0.5, 0.6) is 0 Å². The van der Waals surface area contributed by atoms with Crippen molar-refractivity contribution in [3.05, 3.63) is 46.6 Å². The van der Waals surface area contributed by atoms with Gasteiger partial charge in [-0.15, -0.1) is 0 Å². The number of halogens is 1. The molecule has 0 aliphatic heterocycles. The lowest BCUT2D eigenvalue weighted by molar-refractivity contribution is 0.0949. The van der Waals surface area contributed by atoms with E-state index < -0.39 is 0 Å². The van der Waals surface area contributed by atoms with Gasteiger partial charge in [0, 0.05) is 17.5 Å². The van der Waals surface area contributed by atoms with E-state index in [0.29, 0.717) is 22.3 Å². The van der Waals surface area contributed by atoms with Gasteiger partial charge in [0.25, 0.3) is 5.91 Å². The van der Waals surface area contributed by atoms with E-state index in [9.17, 15) is 4.79 Å². The number of aryl methyl sites for hydroxylation is 1. The predicted octanol–water partition coefficient (Wildman–Crippen LogP) is 1.96. The molecular weight excluding hydrogens is 242 g/mol. The Hall–Kier alpha value is -1.88. The van der Waals surface area contributed by atoms with Crippen molar-refractivity contribution >= 4 is 17.5 Å². The fourth-order valence-corrected chi connectivity index (χ4v) is 1.49. The van der Waals surface area contributed by atoms with Crippen molar-refractivity contribution in [2.24, 2.45) is 0 Å². The molecular formula is C11H10ClN3O2. The lowest BCUT2D eigenvalue weighted by atomic mass is 10.2. The first-order valence-corrected chi connectivity index (χ1v) is 5.36. The molecule has 0 radical (unpaired) electrons. The highest BCUT2D eigenvalue weighted by molar-refractivity contribution is 6.30. The molecule has 0 aliphatic carbocycles. The maximum Gasteiger partial charge on any atom is 0.251 e. The van der Waals surface area contributed by atoms with Crippen molar-refractivity contribution in [1.82, 2.24) is 15.5 Å². The topological polar surface area (TPSA) is 68.0 Å². The van der Waals surface area contributed by atoms with E-state index in [0.717, 1.165) is 0 Å². The van der Waals surface area contributed by atoms with Gasteiger partial charge in [0.15, 0.2) is 5.82 Å². The van der Waals surface area contributed by atoms with Crippen LogP contribution in [0.3, 0.4) is 0 Å². The summed E-state index contributed by atoms with van der Waals surface area (Å²) in [5.41, 5.74) is 0.498. The largest absolute Gasteiger partial charge is 0.345 e. The highest BCUT2D eigenvalue weighted by Gasteiger charge is 2.07. The highest BCUT2D eigenvalue weighted by atomic mass is 35.5. The van der Waals surface area contributed by atoms with Crippen LogP contribution in [0.15, 0.2) is 28.8 Å². The predicted molar refractivity (Wildman–Crippen MR) is 61.7 cm³/mol. The Morgan fingerprint density at radius 1 is 1.53 bits per heavy atom. The second kappa shape index (κ2) is 4.97. The number of nitrogens with zero attached hydrogens (tertiary/aromatic N) is 2. The molecule has 5 nitrogen and oxygen atoms in total. The number of nitrogens with one attached hydrogen (secondary N) is 1. The minimum atomic E-state index is -0.227. The smallest absolute Gasteiger partial charge is 0.251 e. The Kier molecular flexibility index (Phi) is 3.39. The minimum Gasteiger partial charge on any atom is -0.345 e. The number of carbonyl (C=O) groups is 1. The number of amides is 1. The second-order valence-electron chi connectivity index (χ2n) is 3.42. The molecule has 1 N–H and O–H groups in total. The first kappa shape index (κ1) is 11.6. The molecule has 0 saturated carbocycles. The summed E-state index contributed by atoms with van der Waals surface area (Å²) in [6.45, 7) is 1.91. The molecule has 1 aromatic heterocycles. The molecule has 0 fully saturated rings. The van der Waals surface area contributed by atoms with E-state index in [4.69, 9.17) is 16.1 Å². The minimum absolute atomic E-state index is 0.225. The van der Waals surface area contributed by atoms with Crippen LogP contribution in [0.2, 0.25) is 5.02 Å². The van der Waals surface area contributed by atoms with Crippen molar-refractivity contribution in [3.63, 3.8) is 0 Å². The number of rotatable bonds is 3. The molecule has 0 aliphatic rings. The van der Waals surface area contributed by atoms with E-state index in [-0.39, 0.29) is 12.5 Å². The molecule has 1 amide bonds. The van der Waals surface area contributed by atoms with Crippen LogP contribution in [0, 0.1) is 6.92 Å². The Morgan fingerprint density at radius 2 is 2.35 bits per heavy atom. The van der Waals surface area contributed by atoms with Crippen LogP contribution in [0.1, 0.15) is 22.1 Å². The Morgan fingerprint density at radius 3 is 3.00 bits per heavy atom. The zero-order valence-corrected chi connectivity index (χ0v) is 9.86. The number of carbonyl (C=O) groups excluding carboxylic acids is 1. The molecule has 1 aromatic carbocycles. The first-order chi connectivity index (χ1) is 8.15. The van der Waals surface area contributed by atoms with Gasteiger partial charge >= 0.3 is 0 Å². The fraction of sp³-hybridized carbons (Fsp3) is 0.182. The summed E-state index contributed by atoms with van der Waals surface area (Å²) in [4.78, 5) is 15.7. The Labute approximate surface area is 103 Å². The first-order valence-electron chi connectivity index (χ1n) is 4.98. The van der Waals surface area contributed by atoms with E-state index in [1.54, 1.807) is 31.2 Å². The van der Waals surface area contributed by atoms with E-state index in [2.05, 4.69) is 15.5 Å². The van der Waals surface area contributed by atoms with Gasteiger partial charge in [0.1, 0.15) is 0 Å². The van der Waals surface area contributed by atoms with E-state index in [1.165, 1.54) is 0 Å². The molecule has 0 spiro atoms. The molecule has 2 aromatic rings. The number of hydrogen-bond acceptors (Lipinski definition) is 4. The molecule has 0 saturated heterocycles. The third-order valence-corrected chi connectivity index (χ3v) is 2.30. The van der Waals surface area contributed by atoms with Gasteiger partial charge in [0.2, 0.25) is 5.89 Å². The normalized spacial score (nSPS) is 10.2. The lowest BCUT2D eigenvalue weighted by Crippen LogP contribution is -2.23. The van der Waals surface area contributed by atoms with Crippen molar-refractivity contribution in [1.29, 1.82) is 0 Å². The second-order valence-corrected chi connectivity index (χ2v) is 3.86. The van der Waals surface area contributed by atoms with Gasteiger partial charge in [0.05, 0.1) is 6.54 Å². The summed E-state index contributed by atoms with van der Waals surface area (Å²) in [6, 6.07) is 6.71. The molecule has 0 bridgehead atoms. The van der Waals surface area contributed by atoms with Crippen molar-refractivity contribution in [2.45, 2.75) is 13.5 Å². The summed E-state index contributed by atoms with van der Waals surface area (Å²) in [6.07, 6.45) is 0. The van der Waals surface area contributed by atoms with Gasteiger partial charge in [-0.1, -0.05) is 22.8 Å². The third kappa shape index (κ3) is 3.04. The van der Waals surface area contributed by atoms with Crippen molar-refractivity contribution in [2.75, 3.05) is 0 Å². The molecule has 0 atom stereocenters. The lowest BCUT2D eigenvalue weighted by Gasteiger charge is -2.02. The SMILES string of the molecule is Cc1nc(CNC(=O)c2cccc(Cl)c2)no1. The molecule has 88 valence electrons. The Bertz CT molecular complexity index is 539. The van der Waals surface area contributed by atoms with Crippen LogP contribution in [-0.2, 0) is 6.54 Å². The fourth-order valence-electron chi connectivity index (χ4n) is 1.30. The van der Waals surface area contributed by atoms with Crippen LogP contribution in [0.4, 0.5) is 0 Å². The summed E-state index contributed by atoms with van der Waals surface area (Å²) in [5, 5.41) is 6.87. The molecule has 17 heavy (non-hydrogen) atoms. The zero-order chi connectivity index (χ0) is 12.3. The van der Waals surface area contributed by atoms with Gasteiger partial charge in [-0.3, -0.25) is 4.79 Å². The zero-order valence-electron chi connectivity index (χ0n) is 9.11. The molecule has 1 heterocycles. The van der Waals surface area contributed by atoms with E-state index >= 15 is 0 Å². The maximum atomic E-state index is 11.7. The van der Waals surface area contributed by atoms with E-state index in [1.807, 2.05) is 0 Å². The molecule has 6 heteroatoms. The third-order valence-electron chi connectivity index (χ3n) is 2.06. The standard InChI is InChI=1S/C11H10ClN3O2/c1-7-14-10(15-17-7)6-13-11(16)8-3-2-4-9(12)5-8/h2-5H,6H2,1H3,(H,13,16). The average molecular weight is 252 g/mol. The van der Waals surface area contributed by atoms with Gasteiger partial charge in [-0.2, -0.15) is 4.98 Å². The van der Waals surface area contributed by atoms with Crippen molar-refractivity contribution in [3.8, 4) is 0 Å². The van der Waals surface area contributed by atoms with Crippen LogP contribution >= 0.6 is 11.6 Å². The number of benzene rings is 1. The van der Waals surface area contributed by atoms with Crippen molar-refractivity contribution < 1.29 is 9.32 Å². The van der Waals surface area contributed by atoms with Crippen LogP contribution < -0.4 is 5.32 Å². The molecule has 0 unspecified atom stereocenters. The number of hydrogen-bond donors (Lipinski definition) is 1. The van der Waals surface area contributed by atoms with Gasteiger partial charge < -0.3 is 9.84 Å². The summed E-state index contributed by atoms with van der Waals surface area (Å²) in [5.74, 6) is 0.685. The monoisotopic (exact) mass is 251 g/mol. The highest BCUT2D eigenvalue weighted by Crippen LogP contribution is 2.10.